The molecule has 2 heterocycles. The molecule has 0 spiro atoms. The normalized spacial score (nSPS) is 14.2. The molecule has 0 aliphatic carbocycles. The van der Waals surface area contributed by atoms with Gasteiger partial charge in [-0.25, -0.2) is 0 Å². The number of furan rings is 1. The average Bonchev–Trinajstić information content (AvgIpc) is 3.33. The minimum Gasteiger partial charge on any atom is -0.457 e. The van der Waals surface area contributed by atoms with Gasteiger partial charge in [0.25, 0.3) is 5.91 Å². The van der Waals surface area contributed by atoms with Crippen LogP contribution in [0.2, 0.25) is 5.02 Å². The Morgan fingerprint density at radius 2 is 1.94 bits per heavy atom. The number of benzene rings is 2. The van der Waals surface area contributed by atoms with Crippen LogP contribution >= 0.6 is 11.6 Å². The standard InChI is InChI=1S/C25H23ClN2O3/c1-28(2)13-5-8-23(29)20-14-16(9-11-21(20)26)24-12-10-17(31-24)15-19-18-6-3-4-7-22(18)27-25(19)30/h3-4,6-7,9-12,14-15H,5,8,13H2,1-2H3,(H,27,30)/b19-15+. The number of fused-ring (bicyclic) bond motifs is 1. The molecule has 0 bridgehead atoms. The summed E-state index contributed by atoms with van der Waals surface area (Å²) in [5.74, 6) is 1.03. The van der Waals surface area contributed by atoms with Crippen LogP contribution < -0.4 is 5.32 Å². The van der Waals surface area contributed by atoms with Crippen LogP contribution in [-0.4, -0.2) is 37.2 Å². The number of nitrogens with zero attached hydrogens (tertiary/aromatic N) is 1. The minimum absolute atomic E-state index is 0.0156. The van der Waals surface area contributed by atoms with Crippen molar-refractivity contribution in [2.45, 2.75) is 12.8 Å². The quantitative estimate of drug-likeness (QED) is 0.387. The average molecular weight is 435 g/mol. The number of halogens is 1. The largest absolute Gasteiger partial charge is 0.457 e. The SMILES string of the molecule is CN(C)CCCC(=O)c1cc(-c2ccc(/C=C3/C(=O)Nc4ccccc43)o2)ccc1Cl. The second kappa shape index (κ2) is 8.92. The van der Waals surface area contributed by atoms with Crippen LogP contribution in [0.15, 0.2) is 59.0 Å². The number of hydrogen-bond donors (Lipinski definition) is 1. The van der Waals surface area contributed by atoms with Gasteiger partial charge in [-0.15, -0.1) is 0 Å². The number of rotatable bonds is 7. The van der Waals surface area contributed by atoms with Crippen molar-refractivity contribution < 1.29 is 14.0 Å². The third kappa shape index (κ3) is 4.63. The van der Waals surface area contributed by atoms with Gasteiger partial charge in [0.2, 0.25) is 0 Å². The lowest BCUT2D eigenvalue weighted by molar-refractivity contribution is -0.110. The molecule has 0 atom stereocenters. The van der Waals surface area contributed by atoms with E-state index in [1.54, 1.807) is 18.2 Å². The lowest BCUT2D eigenvalue weighted by Gasteiger charge is -2.09. The van der Waals surface area contributed by atoms with Gasteiger partial charge in [-0.05, 0) is 69.5 Å². The molecule has 5 nitrogen and oxygen atoms in total. The van der Waals surface area contributed by atoms with Gasteiger partial charge in [0.15, 0.2) is 5.78 Å². The van der Waals surface area contributed by atoms with Gasteiger partial charge >= 0.3 is 0 Å². The molecule has 1 N–H and O–H groups in total. The van der Waals surface area contributed by atoms with Crippen LogP contribution in [0.25, 0.3) is 23.0 Å². The zero-order valence-electron chi connectivity index (χ0n) is 17.4. The first-order valence-electron chi connectivity index (χ1n) is 10.1. The van der Waals surface area contributed by atoms with Gasteiger partial charge in [0.05, 0.1) is 10.6 Å². The van der Waals surface area contributed by atoms with Crippen molar-refractivity contribution >= 4 is 40.6 Å². The van der Waals surface area contributed by atoms with E-state index in [4.69, 9.17) is 16.0 Å². The van der Waals surface area contributed by atoms with Crippen LogP contribution in [0, 0.1) is 0 Å². The summed E-state index contributed by atoms with van der Waals surface area (Å²) in [6.45, 7) is 0.843. The van der Waals surface area contributed by atoms with Crippen molar-refractivity contribution in [3.63, 3.8) is 0 Å². The van der Waals surface area contributed by atoms with E-state index in [0.29, 0.717) is 34.1 Å². The Hall–Kier alpha value is -3.15. The van der Waals surface area contributed by atoms with Crippen LogP contribution in [0.4, 0.5) is 5.69 Å². The Kier molecular flexibility index (Phi) is 6.07. The van der Waals surface area contributed by atoms with E-state index in [0.717, 1.165) is 29.8 Å². The summed E-state index contributed by atoms with van der Waals surface area (Å²) >= 11 is 6.29. The third-order valence-corrected chi connectivity index (χ3v) is 5.51. The summed E-state index contributed by atoms with van der Waals surface area (Å²) in [6.07, 6.45) is 2.94. The summed E-state index contributed by atoms with van der Waals surface area (Å²) in [5, 5.41) is 3.29. The topological polar surface area (TPSA) is 62.6 Å². The Morgan fingerprint density at radius 3 is 2.74 bits per heavy atom. The molecule has 0 saturated carbocycles. The molecular weight excluding hydrogens is 412 g/mol. The minimum atomic E-state index is -0.156. The van der Waals surface area contributed by atoms with Crippen LogP contribution in [0.3, 0.4) is 0 Å². The third-order valence-electron chi connectivity index (χ3n) is 5.18. The molecule has 1 aliphatic rings. The number of carbonyl (C=O) groups is 2. The Labute approximate surface area is 186 Å². The molecule has 6 heteroatoms. The van der Waals surface area contributed by atoms with E-state index in [9.17, 15) is 9.59 Å². The second-order valence-electron chi connectivity index (χ2n) is 7.78. The van der Waals surface area contributed by atoms with Crippen molar-refractivity contribution in [1.29, 1.82) is 0 Å². The van der Waals surface area contributed by atoms with E-state index >= 15 is 0 Å². The maximum Gasteiger partial charge on any atom is 0.256 e. The summed E-state index contributed by atoms with van der Waals surface area (Å²) < 4.78 is 5.96. The van der Waals surface area contributed by atoms with E-state index in [-0.39, 0.29) is 11.7 Å². The fourth-order valence-corrected chi connectivity index (χ4v) is 3.82. The zero-order chi connectivity index (χ0) is 22.0. The number of Topliss-reactive ketones (excluding diaryl/α,β-unsaturated/α-hetero) is 1. The molecule has 1 aliphatic heterocycles. The molecule has 0 radical (unpaired) electrons. The first kappa shape index (κ1) is 21.1. The van der Waals surface area contributed by atoms with Gasteiger partial charge in [-0.2, -0.15) is 0 Å². The van der Waals surface area contributed by atoms with E-state index in [1.165, 1.54) is 0 Å². The predicted molar refractivity (Wildman–Crippen MR) is 124 cm³/mol. The second-order valence-corrected chi connectivity index (χ2v) is 8.19. The molecule has 1 aromatic heterocycles. The maximum atomic E-state index is 12.6. The zero-order valence-corrected chi connectivity index (χ0v) is 18.2. The molecule has 1 amide bonds. The van der Waals surface area contributed by atoms with E-state index in [2.05, 4.69) is 5.32 Å². The van der Waals surface area contributed by atoms with Crippen molar-refractivity contribution in [2.75, 3.05) is 26.0 Å². The fourth-order valence-electron chi connectivity index (χ4n) is 3.59. The van der Waals surface area contributed by atoms with E-state index in [1.807, 2.05) is 61.5 Å². The number of para-hydroxylation sites is 1. The molecule has 0 saturated heterocycles. The Bertz CT molecular complexity index is 1180. The highest BCUT2D eigenvalue weighted by atomic mass is 35.5. The first-order valence-corrected chi connectivity index (χ1v) is 10.5. The number of amides is 1. The molecule has 158 valence electrons. The molecule has 2 aromatic carbocycles. The molecule has 4 rings (SSSR count). The van der Waals surface area contributed by atoms with Crippen LogP contribution in [0.1, 0.15) is 34.5 Å². The Morgan fingerprint density at radius 1 is 1.13 bits per heavy atom. The van der Waals surface area contributed by atoms with Crippen LogP contribution in [0.5, 0.6) is 0 Å². The predicted octanol–water partition coefficient (Wildman–Crippen LogP) is 5.62. The van der Waals surface area contributed by atoms with Crippen LogP contribution in [-0.2, 0) is 4.79 Å². The summed E-state index contributed by atoms with van der Waals surface area (Å²) in [5.41, 5.74) is 3.46. The van der Waals surface area contributed by atoms with Gasteiger partial charge in [0, 0.05) is 28.8 Å². The molecule has 0 fully saturated rings. The number of nitrogens with one attached hydrogen (secondary N) is 1. The highest BCUT2D eigenvalue weighted by Crippen LogP contribution is 2.34. The molecule has 0 unspecified atom stereocenters. The Balaban J connectivity index is 1.57. The van der Waals surface area contributed by atoms with E-state index < -0.39 is 0 Å². The number of ketones is 1. The maximum absolute atomic E-state index is 12.6. The van der Waals surface area contributed by atoms with Crippen molar-refractivity contribution in [1.82, 2.24) is 4.90 Å². The lowest BCUT2D eigenvalue weighted by Crippen LogP contribution is -2.14. The smallest absolute Gasteiger partial charge is 0.256 e. The fraction of sp³-hybridized carbons (Fsp3) is 0.200. The van der Waals surface area contributed by atoms with Gasteiger partial charge in [-0.1, -0.05) is 29.8 Å². The first-order chi connectivity index (χ1) is 14.9. The molecule has 31 heavy (non-hydrogen) atoms. The monoisotopic (exact) mass is 434 g/mol. The van der Waals surface area contributed by atoms with Gasteiger partial charge in [-0.3, -0.25) is 9.59 Å². The molecular formula is C25H23ClN2O3. The van der Waals surface area contributed by atoms with Crippen molar-refractivity contribution in [3.8, 4) is 11.3 Å². The van der Waals surface area contributed by atoms with Crippen molar-refractivity contribution in [3.05, 3.63) is 76.5 Å². The number of carbonyl (C=O) groups excluding carboxylic acids is 2. The van der Waals surface area contributed by atoms with Gasteiger partial charge in [0.1, 0.15) is 11.5 Å². The van der Waals surface area contributed by atoms with Crippen molar-refractivity contribution in [2.24, 2.45) is 0 Å². The summed E-state index contributed by atoms with van der Waals surface area (Å²) in [4.78, 5) is 27.0. The number of hydrogen-bond acceptors (Lipinski definition) is 4. The number of anilines is 1. The lowest BCUT2D eigenvalue weighted by atomic mass is 10.0. The highest BCUT2D eigenvalue weighted by Gasteiger charge is 2.24. The van der Waals surface area contributed by atoms with Gasteiger partial charge < -0.3 is 14.6 Å². The summed E-state index contributed by atoms with van der Waals surface area (Å²) in [7, 11) is 3.96. The summed E-state index contributed by atoms with van der Waals surface area (Å²) in [6, 6.07) is 16.5. The highest BCUT2D eigenvalue weighted by molar-refractivity contribution is 6.35. The molecule has 3 aromatic rings.